The molecule has 0 spiro atoms. The molecular formula is C20H21Cl3N2O3. The molecule has 1 N–H and O–H groups in total. The molecular weight excluding hydrogens is 423 g/mol. The van der Waals surface area contributed by atoms with Gasteiger partial charge in [-0.1, -0.05) is 59.9 Å². The molecule has 1 atom stereocenters. The highest BCUT2D eigenvalue weighted by Gasteiger charge is 2.28. The predicted molar refractivity (Wildman–Crippen MR) is 112 cm³/mol. The van der Waals surface area contributed by atoms with Crippen LogP contribution in [0.4, 0.5) is 0 Å². The van der Waals surface area contributed by atoms with Crippen LogP contribution in [0, 0.1) is 0 Å². The van der Waals surface area contributed by atoms with E-state index in [0.29, 0.717) is 27.2 Å². The zero-order chi connectivity index (χ0) is 20.7. The molecule has 0 aliphatic heterocycles. The topological polar surface area (TPSA) is 58.6 Å². The summed E-state index contributed by atoms with van der Waals surface area (Å²) in [6.45, 7) is 1.77. The van der Waals surface area contributed by atoms with Crippen LogP contribution in [0.15, 0.2) is 42.5 Å². The fourth-order valence-corrected chi connectivity index (χ4v) is 3.22. The normalized spacial score (nSPS) is 11.6. The molecule has 0 saturated carbocycles. The third-order valence-corrected chi connectivity index (χ3v) is 5.21. The quantitative estimate of drug-likeness (QED) is 0.650. The second kappa shape index (κ2) is 10.6. The third kappa shape index (κ3) is 5.77. The highest BCUT2D eigenvalue weighted by atomic mass is 35.5. The van der Waals surface area contributed by atoms with Crippen molar-refractivity contribution in [2.45, 2.75) is 25.9 Å². The minimum absolute atomic E-state index is 0.188. The Kier molecular flexibility index (Phi) is 8.42. The van der Waals surface area contributed by atoms with E-state index in [9.17, 15) is 9.59 Å². The number of ether oxygens (including phenoxy) is 1. The summed E-state index contributed by atoms with van der Waals surface area (Å²) in [5.41, 5.74) is 0.753. The Bertz CT molecular complexity index is 845. The Morgan fingerprint density at radius 1 is 1.07 bits per heavy atom. The summed E-state index contributed by atoms with van der Waals surface area (Å²) in [5.74, 6) is -0.199. The first-order chi connectivity index (χ1) is 13.4. The average Bonchev–Trinajstić information content (AvgIpc) is 2.69. The Hall–Kier alpha value is -1.95. The van der Waals surface area contributed by atoms with Gasteiger partial charge in [-0.05, 0) is 36.2 Å². The van der Waals surface area contributed by atoms with E-state index in [1.54, 1.807) is 42.5 Å². The van der Waals surface area contributed by atoms with Crippen LogP contribution in [0.2, 0.25) is 15.1 Å². The van der Waals surface area contributed by atoms with E-state index >= 15 is 0 Å². The van der Waals surface area contributed by atoms with Crippen LogP contribution in [-0.2, 0) is 16.1 Å². The van der Waals surface area contributed by atoms with Crippen LogP contribution in [0.3, 0.4) is 0 Å². The van der Waals surface area contributed by atoms with Crippen molar-refractivity contribution in [3.05, 3.63) is 63.1 Å². The lowest BCUT2D eigenvalue weighted by molar-refractivity contribution is -0.142. The first-order valence-corrected chi connectivity index (χ1v) is 9.83. The molecule has 8 heteroatoms. The maximum Gasteiger partial charge on any atom is 0.261 e. The van der Waals surface area contributed by atoms with E-state index in [1.807, 2.05) is 6.92 Å². The van der Waals surface area contributed by atoms with E-state index in [-0.39, 0.29) is 25.0 Å². The van der Waals surface area contributed by atoms with Gasteiger partial charge in [-0.3, -0.25) is 9.59 Å². The van der Waals surface area contributed by atoms with Crippen molar-refractivity contribution in [1.82, 2.24) is 10.2 Å². The van der Waals surface area contributed by atoms with Crippen LogP contribution in [0.1, 0.15) is 18.9 Å². The molecule has 0 aliphatic rings. The first kappa shape index (κ1) is 22.3. The standard InChI is InChI=1S/C20H21Cl3N2O3/c1-3-17(20(27)24-2)25(11-13-8-9-14(21)16(23)10-13)19(26)12-28-18-7-5-4-6-15(18)22/h4-10,17H,3,11-12H2,1-2H3,(H,24,27)/t17-/m0/s1. The summed E-state index contributed by atoms with van der Waals surface area (Å²) < 4.78 is 5.57. The molecule has 2 amide bonds. The Morgan fingerprint density at radius 3 is 2.39 bits per heavy atom. The van der Waals surface area contributed by atoms with E-state index in [2.05, 4.69) is 5.32 Å². The van der Waals surface area contributed by atoms with Gasteiger partial charge in [-0.2, -0.15) is 0 Å². The van der Waals surface area contributed by atoms with Crippen molar-refractivity contribution in [1.29, 1.82) is 0 Å². The second-order valence-electron chi connectivity index (χ2n) is 6.03. The Labute approximate surface area is 179 Å². The molecule has 0 aliphatic carbocycles. The number of hydrogen-bond donors (Lipinski definition) is 1. The number of hydrogen-bond acceptors (Lipinski definition) is 3. The lowest BCUT2D eigenvalue weighted by Gasteiger charge is -2.30. The number of benzene rings is 2. The predicted octanol–water partition coefficient (Wildman–Crippen LogP) is 4.58. The number of carbonyl (C=O) groups excluding carboxylic acids is 2. The van der Waals surface area contributed by atoms with Crippen molar-refractivity contribution >= 4 is 46.6 Å². The van der Waals surface area contributed by atoms with Crippen molar-refractivity contribution in [3.63, 3.8) is 0 Å². The third-order valence-electron chi connectivity index (χ3n) is 4.16. The van der Waals surface area contributed by atoms with Gasteiger partial charge in [0.1, 0.15) is 11.8 Å². The number of likely N-dealkylation sites (N-methyl/N-ethyl adjacent to an activating group) is 1. The van der Waals surface area contributed by atoms with E-state index in [0.717, 1.165) is 5.56 Å². The SMILES string of the molecule is CC[C@@H](C(=O)NC)N(Cc1ccc(Cl)c(Cl)c1)C(=O)COc1ccccc1Cl. The number of rotatable bonds is 8. The Morgan fingerprint density at radius 2 is 1.79 bits per heavy atom. The molecule has 0 fully saturated rings. The van der Waals surface area contributed by atoms with Gasteiger partial charge in [0.2, 0.25) is 5.91 Å². The van der Waals surface area contributed by atoms with Gasteiger partial charge in [0, 0.05) is 13.6 Å². The second-order valence-corrected chi connectivity index (χ2v) is 7.25. The first-order valence-electron chi connectivity index (χ1n) is 8.69. The molecule has 0 bridgehead atoms. The molecule has 0 radical (unpaired) electrons. The highest BCUT2D eigenvalue weighted by Crippen LogP contribution is 2.25. The minimum atomic E-state index is -0.651. The van der Waals surface area contributed by atoms with Gasteiger partial charge in [-0.25, -0.2) is 0 Å². The van der Waals surface area contributed by atoms with E-state index in [1.165, 1.54) is 11.9 Å². The van der Waals surface area contributed by atoms with Gasteiger partial charge >= 0.3 is 0 Å². The summed E-state index contributed by atoms with van der Waals surface area (Å²) >= 11 is 18.1. The Balaban J connectivity index is 2.23. The molecule has 2 aromatic rings. The summed E-state index contributed by atoms with van der Waals surface area (Å²) in [6, 6.07) is 11.3. The molecule has 150 valence electrons. The lowest BCUT2D eigenvalue weighted by atomic mass is 10.1. The average molecular weight is 444 g/mol. The summed E-state index contributed by atoms with van der Waals surface area (Å²) in [5, 5.41) is 3.81. The van der Waals surface area contributed by atoms with Gasteiger partial charge < -0.3 is 15.0 Å². The minimum Gasteiger partial charge on any atom is -0.482 e. The van der Waals surface area contributed by atoms with Gasteiger partial charge in [-0.15, -0.1) is 0 Å². The maximum absolute atomic E-state index is 12.9. The van der Waals surface area contributed by atoms with Crippen molar-refractivity contribution < 1.29 is 14.3 Å². The fraction of sp³-hybridized carbons (Fsp3) is 0.300. The molecule has 2 aromatic carbocycles. The van der Waals surface area contributed by atoms with E-state index < -0.39 is 6.04 Å². The van der Waals surface area contributed by atoms with Crippen molar-refractivity contribution in [2.75, 3.05) is 13.7 Å². The zero-order valence-electron chi connectivity index (χ0n) is 15.5. The molecule has 0 aromatic heterocycles. The number of nitrogens with one attached hydrogen (secondary N) is 1. The molecule has 2 rings (SSSR count). The zero-order valence-corrected chi connectivity index (χ0v) is 17.8. The molecule has 0 heterocycles. The number of carbonyl (C=O) groups is 2. The van der Waals surface area contributed by atoms with Crippen LogP contribution in [0.5, 0.6) is 5.75 Å². The number of nitrogens with zero attached hydrogens (tertiary/aromatic N) is 1. The van der Waals surface area contributed by atoms with Gasteiger partial charge in [0.25, 0.3) is 5.91 Å². The highest BCUT2D eigenvalue weighted by molar-refractivity contribution is 6.42. The van der Waals surface area contributed by atoms with Gasteiger partial charge in [0.15, 0.2) is 6.61 Å². The summed E-state index contributed by atoms with van der Waals surface area (Å²) in [7, 11) is 1.53. The largest absolute Gasteiger partial charge is 0.482 e. The van der Waals surface area contributed by atoms with Crippen LogP contribution in [0.25, 0.3) is 0 Å². The van der Waals surface area contributed by atoms with Crippen molar-refractivity contribution in [3.8, 4) is 5.75 Å². The molecule has 0 saturated heterocycles. The molecule has 0 unspecified atom stereocenters. The molecule has 28 heavy (non-hydrogen) atoms. The van der Waals surface area contributed by atoms with Crippen molar-refractivity contribution in [2.24, 2.45) is 0 Å². The smallest absolute Gasteiger partial charge is 0.261 e. The van der Waals surface area contributed by atoms with Crippen LogP contribution in [-0.4, -0.2) is 36.4 Å². The summed E-state index contributed by atoms with van der Waals surface area (Å²) in [4.78, 5) is 26.7. The summed E-state index contributed by atoms with van der Waals surface area (Å²) in [6.07, 6.45) is 0.443. The fourth-order valence-electron chi connectivity index (χ4n) is 2.70. The lowest BCUT2D eigenvalue weighted by Crippen LogP contribution is -2.49. The number of halogens is 3. The van der Waals surface area contributed by atoms with Crippen LogP contribution >= 0.6 is 34.8 Å². The van der Waals surface area contributed by atoms with Crippen LogP contribution < -0.4 is 10.1 Å². The number of para-hydroxylation sites is 1. The van der Waals surface area contributed by atoms with E-state index in [4.69, 9.17) is 39.5 Å². The monoisotopic (exact) mass is 442 g/mol. The maximum atomic E-state index is 12.9. The number of amides is 2. The molecule has 5 nitrogen and oxygen atoms in total. The van der Waals surface area contributed by atoms with Gasteiger partial charge in [0.05, 0.1) is 15.1 Å².